The van der Waals surface area contributed by atoms with Crippen molar-refractivity contribution in [2.24, 2.45) is 0 Å². The van der Waals surface area contributed by atoms with Gasteiger partial charge < -0.3 is 15.0 Å². The van der Waals surface area contributed by atoms with Gasteiger partial charge in [0.15, 0.2) is 6.61 Å². The maximum Gasteiger partial charge on any atom is 0.260 e. The van der Waals surface area contributed by atoms with Gasteiger partial charge in [0.25, 0.3) is 5.91 Å². The van der Waals surface area contributed by atoms with Crippen molar-refractivity contribution in [2.45, 2.75) is 33.1 Å². The van der Waals surface area contributed by atoms with Crippen LogP contribution in [-0.2, 0) is 15.0 Å². The van der Waals surface area contributed by atoms with E-state index in [9.17, 15) is 9.59 Å². The van der Waals surface area contributed by atoms with Crippen LogP contribution in [-0.4, -0.2) is 46.2 Å². The molecule has 0 aliphatic rings. The van der Waals surface area contributed by atoms with Gasteiger partial charge in [0.1, 0.15) is 11.6 Å². The molecule has 1 aromatic heterocycles. The maximum atomic E-state index is 12.9. The molecule has 0 radical (unpaired) electrons. The first-order valence-electron chi connectivity index (χ1n) is 10.8. The number of amides is 2. The molecule has 0 atom stereocenters. The summed E-state index contributed by atoms with van der Waals surface area (Å²) in [5, 5.41) is 8.08. The van der Waals surface area contributed by atoms with Crippen LogP contribution in [0.15, 0.2) is 60.7 Å². The van der Waals surface area contributed by atoms with Crippen molar-refractivity contribution in [2.75, 3.05) is 25.0 Å². The van der Waals surface area contributed by atoms with Gasteiger partial charge in [-0.3, -0.25) is 9.59 Å². The van der Waals surface area contributed by atoms with Gasteiger partial charge in [-0.05, 0) is 31.2 Å². The fourth-order valence-corrected chi connectivity index (χ4v) is 3.34. The van der Waals surface area contributed by atoms with Crippen LogP contribution in [0.2, 0.25) is 5.02 Å². The Bertz CT molecular complexity index is 1110. The molecule has 0 saturated carbocycles. The van der Waals surface area contributed by atoms with E-state index in [1.807, 2.05) is 70.2 Å². The second-order valence-corrected chi connectivity index (χ2v) is 8.99. The van der Waals surface area contributed by atoms with E-state index >= 15 is 0 Å². The van der Waals surface area contributed by atoms with E-state index in [-0.39, 0.29) is 30.4 Å². The van der Waals surface area contributed by atoms with Crippen molar-refractivity contribution < 1.29 is 14.3 Å². The first kappa shape index (κ1) is 24.3. The first-order chi connectivity index (χ1) is 15.7. The maximum absolute atomic E-state index is 12.9. The molecule has 3 aromatic rings. The highest BCUT2D eigenvalue weighted by Gasteiger charge is 2.23. The van der Waals surface area contributed by atoms with Gasteiger partial charge in [0.2, 0.25) is 5.91 Å². The zero-order chi connectivity index (χ0) is 24.0. The van der Waals surface area contributed by atoms with Crippen LogP contribution in [0.5, 0.6) is 5.75 Å². The Morgan fingerprint density at radius 2 is 1.76 bits per heavy atom. The van der Waals surface area contributed by atoms with Gasteiger partial charge in [-0.1, -0.05) is 62.7 Å². The standard InChI is InChI=1S/C25H29ClN4O3/c1-5-29(24(32)17-33-18-11-7-6-8-12-18)16-23(31)27-22-15-21(25(2,3)4)28-30(22)20-14-10-9-13-19(20)26/h6-15H,5,16-17H2,1-4H3,(H,27,31). The number of carbonyl (C=O) groups excluding carboxylic acids is 2. The smallest absolute Gasteiger partial charge is 0.260 e. The van der Waals surface area contributed by atoms with Crippen LogP contribution >= 0.6 is 11.6 Å². The van der Waals surface area contributed by atoms with E-state index in [1.54, 1.807) is 22.9 Å². The molecule has 0 fully saturated rings. The Hall–Kier alpha value is -3.32. The zero-order valence-electron chi connectivity index (χ0n) is 19.3. The van der Waals surface area contributed by atoms with Gasteiger partial charge in [-0.25, -0.2) is 4.68 Å². The highest BCUT2D eigenvalue weighted by molar-refractivity contribution is 6.32. The molecule has 33 heavy (non-hydrogen) atoms. The molecule has 0 aliphatic carbocycles. The van der Waals surface area contributed by atoms with Crippen LogP contribution in [0.25, 0.3) is 5.69 Å². The van der Waals surface area contributed by atoms with Crippen molar-refractivity contribution in [1.82, 2.24) is 14.7 Å². The Balaban J connectivity index is 1.73. The van der Waals surface area contributed by atoms with Gasteiger partial charge in [0.05, 0.1) is 22.9 Å². The van der Waals surface area contributed by atoms with Crippen LogP contribution < -0.4 is 10.1 Å². The molecule has 0 spiro atoms. The summed E-state index contributed by atoms with van der Waals surface area (Å²) < 4.78 is 7.15. The Morgan fingerprint density at radius 1 is 1.09 bits per heavy atom. The molecule has 2 aromatic carbocycles. The lowest BCUT2D eigenvalue weighted by Crippen LogP contribution is -2.40. The largest absolute Gasteiger partial charge is 0.484 e. The number of benzene rings is 2. The Morgan fingerprint density at radius 3 is 2.39 bits per heavy atom. The summed E-state index contributed by atoms with van der Waals surface area (Å²) in [5.74, 6) is 0.483. The van der Waals surface area contributed by atoms with Crippen LogP contribution in [0, 0.1) is 0 Å². The van der Waals surface area contributed by atoms with E-state index in [1.165, 1.54) is 4.90 Å². The fraction of sp³-hybridized carbons (Fsp3) is 0.320. The summed E-state index contributed by atoms with van der Waals surface area (Å²) in [7, 11) is 0. The lowest BCUT2D eigenvalue weighted by molar-refractivity contribution is -0.136. The second-order valence-electron chi connectivity index (χ2n) is 8.59. The molecule has 0 unspecified atom stereocenters. The summed E-state index contributed by atoms with van der Waals surface area (Å²) in [6.07, 6.45) is 0. The average molecular weight is 469 g/mol. The first-order valence-corrected chi connectivity index (χ1v) is 11.2. The van der Waals surface area contributed by atoms with Crippen molar-refractivity contribution in [3.05, 3.63) is 71.4 Å². The molecule has 174 valence electrons. The molecule has 8 heteroatoms. The van der Waals surface area contributed by atoms with Crippen LogP contribution in [0.4, 0.5) is 5.82 Å². The normalized spacial score (nSPS) is 11.2. The zero-order valence-corrected chi connectivity index (χ0v) is 20.1. The van der Waals surface area contributed by atoms with Gasteiger partial charge in [0, 0.05) is 18.0 Å². The van der Waals surface area contributed by atoms with Gasteiger partial charge in [-0.2, -0.15) is 5.10 Å². The van der Waals surface area contributed by atoms with E-state index in [0.29, 0.717) is 28.8 Å². The highest BCUT2D eigenvalue weighted by atomic mass is 35.5. The molecule has 1 N–H and O–H groups in total. The molecule has 7 nitrogen and oxygen atoms in total. The van der Waals surface area contributed by atoms with Crippen LogP contribution in [0.3, 0.4) is 0 Å². The number of ether oxygens (including phenoxy) is 1. The number of rotatable bonds is 8. The second kappa shape index (κ2) is 10.5. The summed E-state index contributed by atoms with van der Waals surface area (Å²) >= 11 is 6.38. The number of likely N-dealkylation sites (N-methyl/N-ethyl adjacent to an activating group) is 1. The topological polar surface area (TPSA) is 76.5 Å². The van der Waals surface area contributed by atoms with E-state index in [2.05, 4.69) is 10.4 Å². The fourth-order valence-electron chi connectivity index (χ4n) is 3.13. The summed E-state index contributed by atoms with van der Waals surface area (Å²) in [4.78, 5) is 26.9. The van der Waals surface area contributed by atoms with Crippen molar-refractivity contribution >= 4 is 29.2 Å². The van der Waals surface area contributed by atoms with E-state index < -0.39 is 0 Å². The minimum atomic E-state index is -0.335. The van der Waals surface area contributed by atoms with Crippen LogP contribution in [0.1, 0.15) is 33.4 Å². The third-order valence-corrected chi connectivity index (χ3v) is 5.32. The highest BCUT2D eigenvalue weighted by Crippen LogP contribution is 2.29. The molecular weight excluding hydrogens is 440 g/mol. The molecule has 0 saturated heterocycles. The SMILES string of the molecule is CCN(CC(=O)Nc1cc(C(C)(C)C)nn1-c1ccccc1Cl)C(=O)COc1ccccc1. The molecule has 0 aliphatic heterocycles. The number of hydrogen-bond donors (Lipinski definition) is 1. The minimum Gasteiger partial charge on any atom is -0.484 e. The lowest BCUT2D eigenvalue weighted by Gasteiger charge is -2.20. The number of nitrogens with one attached hydrogen (secondary N) is 1. The van der Waals surface area contributed by atoms with Gasteiger partial charge in [-0.15, -0.1) is 0 Å². The quantitative estimate of drug-likeness (QED) is 0.520. The predicted molar refractivity (Wildman–Crippen MR) is 130 cm³/mol. The van der Waals surface area contributed by atoms with Crippen molar-refractivity contribution in [3.8, 4) is 11.4 Å². The Labute approximate surface area is 199 Å². The summed E-state index contributed by atoms with van der Waals surface area (Å²) in [6, 6.07) is 18.2. The number of carbonyl (C=O) groups is 2. The number of anilines is 1. The Kier molecular flexibility index (Phi) is 7.76. The van der Waals surface area contributed by atoms with Crippen molar-refractivity contribution in [3.63, 3.8) is 0 Å². The molecule has 2 amide bonds. The predicted octanol–water partition coefficient (Wildman–Crippen LogP) is 4.69. The summed E-state index contributed by atoms with van der Waals surface area (Å²) in [5.41, 5.74) is 1.23. The monoisotopic (exact) mass is 468 g/mol. The molecule has 0 bridgehead atoms. The van der Waals surface area contributed by atoms with E-state index in [0.717, 1.165) is 5.69 Å². The molecule has 1 heterocycles. The van der Waals surface area contributed by atoms with Gasteiger partial charge >= 0.3 is 0 Å². The molecule has 3 rings (SSSR count). The third kappa shape index (κ3) is 6.35. The van der Waals surface area contributed by atoms with Crippen molar-refractivity contribution in [1.29, 1.82) is 0 Å². The minimum absolute atomic E-state index is 0.105. The lowest BCUT2D eigenvalue weighted by atomic mass is 9.92. The number of halogens is 1. The number of aromatic nitrogens is 2. The number of nitrogens with zero attached hydrogens (tertiary/aromatic N) is 3. The molecular formula is C25H29ClN4O3. The average Bonchev–Trinajstić information content (AvgIpc) is 3.20. The third-order valence-electron chi connectivity index (χ3n) is 5.00. The van der Waals surface area contributed by atoms with E-state index in [4.69, 9.17) is 16.3 Å². The number of hydrogen-bond acceptors (Lipinski definition) is 4. The number of para-hydroxylation sites is 2. The summed E-state index contributed by atoms with van der Waals surface area (Å²) in [6.45, 7) is 8.08.